The van der Waals surface area contributed by atoms with E-state index in [1.54, 1.807) is 24.3 Å². The van der Waals surface area contributed by atoms with E-state index < -0.39 is 0 Å². The number of fused-ring (bicyclic) bond motifs is 1. The highest BCUT2D eigenvalue weighted by Gasteiger charge is 2.21. The first-order chi connectivity index (χ1) is 10.1. The Balaban J connectivity index is 2.07. The number of carbonyl (C=O) groups excluding carboxylic acids is 1. The smallest absolute Gasteiger partial charge is 0.196 e. The Morgan fingerprint density at radius 3 is 2.43 bits per heavy atom. The molecule has 2 aromatic carbocycles. The predicted octanol–water partition coefficient (Wildman–Crippen LogP) is 4.30. The minimum atomic E-state index is -0.231. The maximum absolute atomic E-state index is 12.7. The van der Waals surface area contributed by atoms with Gasteiger partial charge in [0.15, 0.2) is 17.3 Å². The molecule has 1 heterocycles. The second kappa shape index (κ2) is 5.58. The van der Waals surface area contributed by atoms with Crippen LogP contribution in [0.2, 0.25) is 10.0 Å². The standard InChI is InChI=1S/C16H12Cl2O3/c1-9-3-2-4-10(15(9)18)16(19)11-7-13-14(8-12(11)17)21-6-5-20-13/h2-4,7-8H,5-6H2,1H3. The second-order valence-electron chi connectivity index (χ2n) is 4.74. The number of benzene rings is 2. The Hall–Kier alpha value is -1.71. The molecule has 3 rings (SSSR count). The maximum Gasteiger partial charge on any atom is 0.196 e. The van der Waals surface area contributed by atoms with E-state index in [1.807, 2.05) is 13.0 Å². The molecule has 0 aliphatic carbocycles. The van der Waals surface area contributed by atoms with E-state index >= 15 is 0 Å². The van der Waals surface area contributed by atoms with Gasteiger partial charge in [-0.2, -0.15) is 0 Å². The van der Waals surface area contributed by atoms with Crippen molar-refractivity contribution < 1.29 is 14.3 Å². The lowest BCUT2D eigenvalue weighted by Crippen LogP contribution is -2.16. The molecule has 1 aliphatic heterocycles. The fraction of sp³-hybridized carbons (Fsp3) is 0.188. The van der Waals surface area contributed by atoms with Gasteiger partial charge in [-0.05, 0) is 24.6 Å². The van der Waals surface area contributed by atoms with Crippen molar-refractivity contribution >= 4 is 29.0 Å². The summed E-state index contributed by atoms with van der Waals surface area (Å²) in [6, 6.07) is 8.54. The molecule has 0 spiro atoms. The Morgan fingerprint density at radius 2 is 1.71 bits per heavy atom. The summed E-state index contributed by atoms with van der Waals surface area (Å²) in [6.07, 6.45) is 0. The zero-order chi connectivity index (χ0) is 15.0. The van der Waals surface area contributed by atoms with Gasteiger partial charge in [0.05, 0.1) is 10.0 Å². The molecule has 0 unspecified atom stereocenters. The molecule has 0 bridgehead atoms. The van der Waals surface area contributed by atoms with Crippen LogP contribution in [0.15, 0.2) is 30.3 Å². The Bertz CT molecular complexity index is 726. The number of ether oxygens (including phenoxy) is 2. The molecular weight excluding hydrogens is 311 g/mol. The molecule has 3 nitrogen and oxygen atoms in total. The van der Waals surface area contributed by atoms with Crippen LogP contribution in [0.5, 0.6) is 11.5 Å². The SMILES string of the molecule is Cc1cccc(C(=O)c2cc3c(cc2Cl)OCCO3)c1Cl. The molecule has 0 saturated heterocycles. The lowest BCUT2D eigenvalue weighted by molar-refractivity contribution is 0.103. The Morgan fingerprint density at radius 1 is 1.05 bits per heavy atom. The number of hydrogen-bond donors (Lipinski definition) is 0. The van der Waals surface area contributed by atoms with Gasteiger partial charge in [0.2, 0.25) is 0 Å². The molecule has 0 N–H and O–H groups in total. The van der Waals surface area contributed by atoms with Gasteiger partial charge < -0.3 is 9.47 Å². The minimum absolute atomic E-state index is 0.231. The van der Waals surface area contributed by atoms with E-state index in [4.69, 9.17) is 32.7 Å². The monoisotopic (exact) mass is 322 g/mol. The largest absolute Gasteiger partial charge is 0.486 e. The average molecular weight is 323 g/mol. The number of aryl methyl sites for hydroxylation is 1. The summed E-state index contributed by atoms with van der Waals surface area (Å²) >= 11 is 12.4. The van der Waals surface area contributed by atoms with Crippen LogP contribution in [0, 0.1) is 6.92 Å². The van der Waals surface area contributed by atoms with Gasteiger partial charge in [-0.1, -0.05) is 35.3 Å². The first kappa shape index (κ1) is 14.2. The summed E-state index contributed by atoms with van der Waals surface area (Å²) in [7, 11) is 0. The third-order valence-corrected chi connectivity index (χ3v) is 4.13. The molecule has 0 saturated carbocycles. The highest BCUT2D eigenvalue weighted by molar-refractivity contribution is 6.38. The van der Waals surface area contributed by atoms with Crippen molar-refractivity contribution in [1.29, 1.82) is 0 Å². The van der Waals surface area contributed by atoms with E-state index in [-0.39, 0.29) is 5.78 Å². The van der Waals surface area contributed by atoms with Crippen molar-refractivity contribution in [1.82, 2.24) is 0 Å². The van der Waals surface area contributed by atoms with Crippen LogP contribution >= 0.6 is 23.2 Å². The van der Waals surface area contributed by atoms with Crippen molar-refractivity contribution in [2.24, 2.45) is 0 Å². The summed E-state index contributed by atoms with van der Waals surface area (Å²) < 4.78 is 10.9. The fourth-order valence-electron chi connectivity index (χ4n) is 2.21. The number of ketones is 1. The molecule has 1 aliphatic rings. The molecule has 0 atom stereocenters. The van der Waals surface area contributed by atoms with Gasteiger partial charge in [-0.3, -0.25) is 4.79 Å². The van der Waals surface area contributed by atoms with Crippen LogP contribution in [0.4, 0.5) is 0 Å². The third-order valence-electron chi connectivity index (χ3n) is 3.31. The zero-order valence-corrected chi connectivity index (χ0v) is 12.8. The lowest BCUT2D eigenvalue weighted by Gasteiger charge is -2.19. The summed E-state index contributed by atoms with van der Waals surface area (Å²) in [5.74, 6) is 0.849. The van der Waals surface area contributed by atoms with Gasteiger partial charge in [0.1, 0.15) is 13.2 Å². The molecule has 2 aromatic rings. The second-order valence-corrected chi connectivity index (χ2v) is 5.53. The zero-order valence-electron chi connectivity index (χ0n) is 11.3. The van der Waals surface area contributed by atoms with Gasteiger partial charge in [0, 0.05) is 17.2 Å². The van der Waals surface area contributed by atoms with Crippen molar-refractivity contribution in [3.8, 4) is 11.5 Å². The van der Waals surface area contributed by atoms with Gasteiger partial charge in [-0.25, -0.2) is 0 Å². The molecule has 5 heteroatoms. The molecular formula is C16H12Cl2O3. The first-order valence-corrected chi connectivity index (χ1v) is 7.22. The first-order valence-electron chi connectivity index (χ1n) is 6.47. The number of halogens is 2. The number of carbonyl (C=O) groups is 1. The lowest BCUT2D eigenvalue weighted by atomic mass is 10.0. The molecule has 0 aromatic heterocycles. The molecule has 21 heavy (non-hydrogen) atoms. The van der Waals surface area contributed by atoms with Gasteiger partial charge in [-0.15, -0.1) is 0 Å². The third kappa shape index (κ3) is 2.59. The highest BCUT2D eigenvalue weighted by atomic mass is 35.5. The van der Waals surface area contributed by atoms with E-state index in [0.29, 0.717) is 45.9 Å². The highest BCUT2D eigenvalue weighted by Crippen LogP contribution is 2.37. The molecule has 0 fully saturated rings. The Kier molecular flexibility index (Phi) is 3.79. The fourth-order valence-corrected chi connectivity index (χ4v) is 2.66. The normalized spacial score (nSPS) is 13.1. The van der Waals surface area contributed by atoms with Crippen molar-refractivity contribution in [2.45, 2.75) is 6.92 Å². The van der Waals surface area contributed by atoms with E-state index in [1.165, 1.54) is 0 Å². The van der Waals surface area contributed by atoms with Crippen molar-refractivity contribution in [3.05, 3.63) is 57.1 Å². The topological polar surface area (TPSA) is 35.5 Å². The number of rotatable bonds is 2. The molecule has 108 valence electrons. The van der Waals surface area contributed by atoms with E-state index in [0.717, 1.165) is 5.56 Å². The summed E-state index contributed by atoms with van der Waals surface area (Å²) in [5, 5.41) is 0.760. The minimum Gasteiger partial charge on any atom is -0.486 e. The van der Waals surface area contributed by atoms with Crippen LogP contribution in [0.1, 0.15) is 21.5 Å². The van der Waals surface area contributed by atoms with Crippen molar-refractivity contribution in [2.75, 3.05) is 13.2 Å². The summed E-state index contributed by atoms with van der Waals surface area (Å²) in [6.45, 7) is 2.78. The Labute approximate surface area is 132 Å². The molecule has 0 amide bonds. The predicted molar refractivity (Wildman–Crippen MR) is 82.1 cm³/mol. The quantitative estimate of drug-likeness (QED) is 0.773. The number of hydrogen-bond acceptors (Lipinski definition) is 3. The van der Waals surface area contributed by atoms with Crippen molar-refractivity contribution in [3.63, 3.8) is 0 Å². The molecule has 0 radical (unpaired) electrons. The van der Waals surface area contributed by atoms with Crippen LogP contribution < -0.4 is 9.47 Å². The van der Waals surface area contributed by atoms with Gasteiger partial charge in [0.25, 0.3) is 0 Å². The summed E-state index contributed by atoms with van der Waals surface area (Å²) in [5.41, 5.74) is 1.62. The average Bonchev–Trinajstić information content (AvgIpc) is 2.48. The van der Waals surface area contributed by atoms with E-state index in [9.17, 15) is 4.79 Å². The summed E-state index contributed by atoms with van der Waals surface area (Å²) in [4.78, 5) is 12.7. The van der Waals surface area contributed by atoms with Crippen LogP contribution in [0.25, 0.3) is 0 Å². The van der Waals surface area contributed by atoms with E-state index in [2.05, 4.69) is 0 Å². The maximum atomic E-state index is 12.7. The van der Waals surface area contributed by atoms with Crippen LogP contribution in [-0.2, 0) is 0 Å². The van der Waals surface area contributed by atoms with Crippen LogP contribution in [0.3, 0.4) is 0 Å². The van der Waals surface area contributed by atoms with Gasteiger partial charge >= 0.3 is 0 Å². The van der Waals surface area contributed by atoms with Crippen LogP contribution in [-0.4, -0.2) is 19.0 Å².